The number of benzene rings is 1. The first-order valence-electron chi connectivity index (χ1n) is 8.57. The highest BCUT2D eigenvalue weighted by Crippen LogP contribution is 2.21. The minimum absolute atomic E-state index is 0.198. The van der Waals surface area contributed by atoms with Gasteiger partial charge in [-0.25, -0.2) is 4.79 Å². The normalized spacial score (nSPS) is 21.6. The average molecular weight is 345 g/mol. The molecule has 134 valence electrons. The number of hydrazone groups is 1. The summed E-state index contributed by atoms with van der Waals surface area (Å²) in [5, 5.41) is 18.4. The van der Waals surface area contributed by atoms with E-state index in [9.17, 15) is 14.7 Å². The highest BCUT2D eigenvalue weighted by atomic mass is 16.5. The Morgan fingerprint density at radius 2 is 2.12 bits per heavy atom. The predicted molar refractivity (Wildman–Crippen MR) is 93.9 cm³/mol. The molecular formula is C18H23N3O4. The van der Waals surface area contributed by atoms with Gasteiger partial charge in [-0.1, -0.05) is 0 Å². The van der Waals surface area contributed by atoms with E-state index in [1.807, 2.05) is 24.1 Å². The zero-order valence-electron chi connectivity index (χ0n) is 14.3. The Kier molecular flexibility index (Phi) is 5.33. The van der Waals surface area contributed by atoms with Crippen molar-refractivity contribution < 1.29 is 19.4 Å². The lowest BCUT2D eigenvalue weighted by molar-refractivity contribution is -0.142. The lowest BCUT2D eigenvalue weighted by atomic mass is 9.93. The molecule has 0 aromatic heterocycles. The Bertz CT molecular complexity index is 665. The molecule has 25 heavy (non-hydrogen) atoms. The summed E-state index contributed by atoms with van der Waals surface area (Å²) in [7, 11) is 0. The van der Waals surface area contributed by atoms with Crippen LogP contribution in [0.3, 0.4) is 0 Å². The van der Waals surface area contributed by atoms with Crippen LogP contribution in [0.5, 0.6) is 0 Å². The molecule has 0 aliphatic carbocycles. The minimum Gasteiger partial charge on any atom is -0.480 e. The second-order valence-electron chi connectivity index (χ2n) is 6.52. The summed E-state index contributed by atoms with van der Waals surface area (Å²) in [6.45, 7) is 3.84. The monoisotopic (exact) mass is 345 g/mol. The molecule has 2 aliphatic heterocycles. The number of hydrogen-bond donors (Lipinski definition) is 2. The largest absolute Gasteiger partial charge is 0.480 e. The van der Waals surface area contributed by atoms with Crippen LogP contribution >= 0.6 is 0 Å². The molecule has 2 N–H and O–H groups in total. The van der Waals surface area contributed by atoms with Gasteiger partial charge in [-0.05, 0) is 44.0 Å². The lowest BCUT2D eigenvalue weighted by Crippen LogP contribution is -2.48. The smallest absolute Gasteiger partial charge is 0.326 e. The van der Waals surface area contributed by atoms with Crippen LogP contribution in [0.4, 0.5) is 5.69 Å². The first-order valence-corrected chi connectivity index (χ1v) is 8.57. The number of rotatable bonds is 5. The predicted octanol–water partition coefficient (Wildman–Crippen LogP) is 1.88. The van der Waals surface area contributed by atoms with Crippen LogP contribution in [-0.4, -0.2) is 48.5 Å². The molecule has 2 aliphatic rings. The molecule has 7 heteroatoms. The lowest BCUT2D eigenvalue weighted by Gasteiger charge is -2.28. The summed E-state index contributed by atoms with van der Waals surface area (Å²) in [5.41, 5.74) is 2.44. The summed E-state index contributed by atoms with van der Waals surface area (Å²) < 4.78 is 5.35. The number of amides is 1. The second-order valence-corrected chi connectivity index (χ2v) is 6.52. The first-order chi connectivity index (χ1) is 12.0. The maximum absolute atomic E-state index is 12.4. The third-order valence-electron chi connectivity index (χ3n) is 4.62. The Morgan fingerprint density at radius 1 is 1.36 bits per heavy atom. The molecule has 0 bridgehead atoms. The summed E-state index contributed by atoms with van der Waals surface area (Å²) in [5.74, 6) is -1.61. The van der Waals surface area contributed by atoms with E-state index in [4.69, 9.17) is 4.74 Å². The van der Waals surface area contributed by atoms with Crippen molar-refractivity contribution in [1.29, 1.82) is 0 Å². The van der Waals surface area contributed by atoms with E-state index in [2.05, 4.69) is 10.4 Å². The number of nitrogens with zero attached hydrogens (tertiary/aromatic N) is 2. The SMILES string of the molecule is CC1=NN(c2ccc(C(=O)NC(C(=O)O)C3CCCOC3)cc2)CC1. The van der Waals surface area contributed by atoms with Gasteiger partial charge in [0.2, 0.25) is 0 Å². The third kappa shape index (κ3) is 4.17. The molecule has 0 spiro atoms. The van der Waals surface area contributed by atoms with Gasteiger partial charge in [0.1, 0.15) is 6.04 Å². The topological polar surface area (TPSA) is 91.2 Å². The van der Waals surface area contributed by atoms with Gasteiger partial charge in [-0.3, -0.25) is 9.80 Å². The maximum atomic E-state index is 12.4. The average Bonchev–Trinajstić information content (AvgIpc) is 3.06. The zero-order valence-corrected chi connectivity index (χ0v) is 14.3. The highest BCUT2D eigenvalue weighted by Gasteiger charge is 2.31. The molecule has 1 fully saturated rings. The minimum atomic E-state index is -1.03. The molecule has 1 aromatic rings. The van der Waals surface area contributed by atoms with E-state index < -0.39 is 12.0 Å². The highest BCUT2D eigenvalue weighted by molar-refractivity contribution is 5.97. The third-order valence-corrected chi connectivity index (χ3v) is 4.62. The number of ether oxygens (including phenoxy) is 1. The van der Waals surface area contributed by atoms with Crippen molar-refractivity contribution in [2.24, 2.45) is 11.0 Å². The Balaban J connectivity index is 1.66. The molecule has 0 radical (unpaired) electrons. The second kappa shape index (κ2) is 7.65. The fourth-order valence-electron chi connectivity index (χ4n) is 3.18. The molecule has 3 rings (SSSR count). The van der Waals surface area contributed by atoms with Gasteiger partial charge in [-0.15, -0.1) is 0 Å². The number of carboxylic acids is 1. The Hall–Kier alpha value is -2.41. The van der Waals surface area contributed by atoms with E-state index in [0.29, 0.717) is 18.8 Å². The quantitative estimate of drug-likeness (QED) is 0.850. The number of hydrogen-bond acceptors (Lipinski definition) is 5. The van der Waals surface area contributed by atoms with Gasteiger partial charge < -0.3 is 15.2 Å². The van der Waals surface area contributed by atoms with Crippen LogP contribution in [0.15, 0.2) is 29.4 Å². The molecule has 0 saturated carbocycles. The molecule has 2 unspecified atom stereocenters. The summed E-state index contributed by atoms with van der Waals surface area (Å²) in [6, 6.07) is 6.12. The molecule has 1 aromatic carbocycles. The van der Waals surface area contributed by atoms with Gasteiger partial charge in [0.15, 0.2) is 0 Å². The van der Waals surface area contributed by atoms with Crippen LogP contribution in [0.2, 0.25) is 0 Å². The van der Waals surface area contributed by atoms with Crippen molar-refractivity contribution in [3.05, 3.63) is 29.8 Å². The van der Waals surface area contributed by atoms with E-state index >= 15 is 0 Å². The molecular weight excluding hydrogens is 322 g/mol. The van der Waals surface area contributed by atoms with E-state index in [1.54, 1.807) is 12.1 Å². The van der Waals surface area contributed by atoms with Crippen LogP contribution in [0.25, 0.3) is 0 Å². The van der Waals surface area contributed by atoms with Crippen molar-refractivity contribution >= 4 is 23.3 Å². The van der Waals surface area contributed by atoms with Gasteiger partial charge in [0, 0.05) is 36.8 Å². The number of nitrogens with one attached hydrogen (secondary N) is 1. The summed E-state index contributed by atoms with van der Waals surface area (Å²) >= 11 is 0. The molecule has 2 atom stereocenters. The van der Waals surface area contributed by atoms with Gasteiger partial charge in [0.25, 0.3) is 5.91 Å². The number of carbonyl (C=O) groups is 2. The fourth-order valence-corrected chi connectivity index (χ4v) is 3.18. The van der Waals surface area contributed by atoms with Gasteiger partial charge in [0.05, 0.1) is 12.3 Å². The van der Waals surface area contributed by atoms with Crippen molar-refractivity contribution in [3.63, 3.8) is 0 Å². The molecule has 1 saturated heterocycles. The van der Waals surface area contributed by atoms with Crippen LogP contribution < -0.4 is 10.3 Å². The van der Waals surface area contributed by atoms with Crippen LogP contribution in [-0.2, 0) is 9.53 Å². The van der Waals surface area contributed by atoms with Crippen molar-refractivity contribution in [3.8, 4) is 0 Å². The summed E-state index contributed by atoms with van der Waals surface area (Å²) in [6.07, 6.45) is 2.49. The number of anilines is 1. The number of aliphatic carboxylic acids is 1. The Labute approximate surface area is 146 Å². The van der Waals surface area contributed by atoms with E-state index in [0.717, 1.165) is 37.2 Å². The fraction of sp³-hybridized carbons (Fsp3) is 0.500. The van der Waals surface area contributed by atoms with Crippen molar-refractivity contribution in [2.45, 2.75) is 32.2 Å². The van der Waals surface area contributed by atoms with Crippen LogP contribution in [0, 0.1) is 5.92 Å². The standard InChI is InChI=1S/C18H23N3O4/c1-12-8-9-21(20-12)15-6-4-13(5-7-15)17(22)19-16(18(23)24)14-3-2-10-25-11-14/h4-7,14,16H,2-3,8-11H2,1H3,(H,19,22)(H,23,24). The van der Waals surface area contributed by atoms with Gasteiger partial charge in [-0.2, -0.15) is 5.10 Å². The van der Waals surface area contributed by atoms with Crippen molar-refractivity contribution in [2.75, 3.05) is 24.8 Å². The Morgan fingerprint density at radius 3 is 2.68 bits per heavy atom. The van der Waals surface area contributed by atoms with Crippen molar-refractivity contribution in [1.82, 2.24) is 5.32 Å². The zero-order chi connectivity index (χ0) is 17.8. The number of carboxylic acid groups (broad SMARTS) is 1. The van der Waals surface area contributed by atoms with Gasteiger partial charge >= 0.3 is 5.97 Å². The summed E-state index contributed by atoms with van der Waals surface area (Å²) in [4.78, 5) is 24.0. The van der Waals surface area contributed by atoms with E-state index in [-0.39, 0.29) is 11.8 Å². The van der Waals surface area contributed by atoms with Crippen LogP contribution in [0.1, 0.15) is 36.5 Å². The first kappa shape index (κ1) is 17.4. The number of carbonyl (C=O) groups excluding carboxylic acids is 1. The molecule has 7 nitrogen and oxygen atoms in total. The molecule has 1 amide bonds. The van der Waals surface area contributed by atoms with E-state index in [1.165, 1.54) is 0 Å². The maximum Gasteiger partial charge on any atom is 0.326 e. The molecule has 2 heterocycles.